The molecule has 3 saturated carbocycles. The third-order valence-electron chi connectivity index (χ3n) is 8.68. The molecule has 140 valence electrons. The molecule has 0 bridgehead atoms. The number of hydrogen-bond acceptors (Lipinski definition) is 2. The zero-order valence-corrected chi connectivity index (χ0v) is 16.7. The number of Topliss-reactive ketones (excluding diaryl/α,β-unsaturated/α-hetero) is 1. The summed E-state index contributed by atoms with van der Waals surface area (Å²) in [5.41, 5.74) is 5.96. The molecule has 0 saturated heterocycles. The molecule has 0 heterocycles. The molecule has 0 aliphatic heterocycles. The van der Waals surface area contributed by atoms with Crippen LogP contribution in [0.3, 0.4) is 0 Å². The maximum absolute atomic E-state index is 13.0. The molecule has 0 aromatic rings. The minimum absolute atomic E-state index is 0.0679. The molecule has 2 nitrogen and oxygen atoms in total. The molecule has 0 spiro atoms. The molecular weight excluding hydrogens is 320 g/mol. The van der Waals surface area contributed by atoms with Crippen LogP contribution in [-0.2, 0) is 9.59 Å². The fourth-order valence-corrected chi connectivity index (χ4v) is 7.43. The van der Waals surface area contributed by atoms with Crippen LogP contribution >= 0.6 is 0 Å². The van der Waals surface area contributed by atoms with Crippen LogP contribution < -0.4 is 0 Å². The van der Waals surface area contributed by atoms with Gasteiger partial charge in [0.05, 0.1) is 0 Å². The van der Waals surface area contributed by atoms with Crippen molar-refractivity contribution in [3.8, 4) is 0 Å². The van der Waals surface area contributed by atoms with E-state index in [-0.39, 0.29) is 17.0 Å². The van der Waals surface area contributed by atoms with Gasteiger partial charge in [0.25, 0.3) is 0 Å². The first-order chi connectivity index (χ1) is 12.3. The van der Waals surface area contributed by atoms with Crippen molar-refractivity contribution in [2.75, 3.05) is 0 Å². The van der Waals surface area contributed by atoms with Crippen molar-refractivity contribution in [3.05, 3.63) is 29.0 Å². The van der Waals surface area contributed by atoms with Gasteiger partial charge in [0.15, 0.2) is 11.6 Å². The zero-order chi connectivity index (χ0) is 18.7. The Hall–Kier alpha value is -1.40. The summed E-state index contributed by atoms with van der Waals surface area (Å²) in [5, 5.41) is 0. The van der Waals surface area contributed by atoms with Crippen molar-refractivity contribution < 1.29 is 9.59 Å². The number of allylic oxidation sites excluding steroid dienone is 2. The Bertz CT molecular complexity index is 750. The highest BCUT2D eigenvalue weighted by atomic mass is 16.1. The van der Waals surface area contributed by atoms with Crippen LogP contribution in [0.25, 0.3) is 0 Å². The second-order valence-corrected chi connectivity index (χ2v) is 9.74. The first kappa shape index (κ1) is 18.0. The van der Waals surface area contributed by atoms with Gasteiger partial charge in [-0.3, -0.25) is 9.59 Å². The highest BCUT2D eigenvalue weighted by Crippen LogP contribution is 2.66. The number of carbonyl (C=O) groups excluding carboxylic acids is 2. The molecule has 0 aromatic heterocycles. The Labute approximate surface area is 157 Å². The molecule has 4 aliphatic carbocycles. The minimum Gasteiger partial charge on any atom is -0.295 e. The van der Waals surface area contributed by atoms with Gasteiger partial charge in [0, 0.05) is 18.4 Å². The lowest BCUT2D eigenvalue weighted by Gasteiger charge is -2.57. The maximum Gasteiger partial charge on any atom is 0.159 e. The van der Waals surface area contributed by atoms with Gasteiger partial charge in [0.2, 0.25) is 0 Å². The van der Waals surface area contributed by atoms with Crippen molar-refractivity contribution in [1.82, 2.24) is 0 Å². The summed E-state index contributed by atoms with van der Waals surface area (Å²) >= 11 is 0. The molecule has 4 aliphatic rings. The second kappa shape index (κ2) is 6.06. The third-order valence-corrected chi connectivity index (χ3v) is 8.68. The Morgan fingerprint density at radius 3 is 2.65 bits per heavy atom. The van der Waals surface area contributed by atoms with Crippen molar-refractivity contribution in [1.29, 1.82) is 0 Å². The van der Waals surface area contributed by atoms with Crippen molar-refractivity contribution in [3.63, 3.8) is 0 Å². The summed E-state index contributed by atoms with van der Waals surface area (Å²) in [6.45, 7) is 9.05. The molecule has 0 N–H and O–H groups in total. The number of fused-ring (bicyclic) bond motifs is 5. The summed E-state index contributed by atoms with van der Waals surface area (Å²) in [4.78, 5) is 24.9. The average molecular weight is 353 g/mol. The van der Waals surface area contributed by atoms with E-state index in [0.717, 1.165) is 12.0 Å². The maximum atomic E-state index is 13.0. The molecule has 26 heavy (non-hydrogen) atoms. The van der Waals surface area contributed by atoms with Gasteiger partial charge < -0.3 is 0 Å². The lowest BCUT2D eigenvalue weighted by molar-refractivity contribution is -0.131. The summed E-state index contributed by atoms with van der Waals surface area (Å²) in [7, 11) is 0. The van der Waals surface area contributed by atoms with E-state index in [1.54, 1.807) is 6.08 Å². The zero-order valence-electron chi connectivity index (χ0n) is 16.7. The van der Waals surface area contributed by atoms with Crippen molar-refractivity contribution >= 4 is 11.6 Å². The second-order valence-electron chi connectivity index (χ2n) is 9.74. The van der Waals surface area contributed by atoms with Crippen LogP contribution in [0.2, 0.25) is 0 Å². The van der Waals surface area contributed by atoms with Gasteiger partial charge in [0.1, 0.15) is 0 Å². The quantitative estimate of drug-likeness (QED) is 0.589. The highest BCUT2D eigenvalue weighted by molar-refractivity contribution is 6.05. The van der Waals surface area contributed by atoms with E-state index in [0.29, 0.717) is 41.9 Å². The van der Waals surface area contributed by atoms with Crippen LogP contribution in [0.5, 0.6) is 0 Å². The molecule has 2 heteroatoms. The number of carbonyl (C=O) groups is 2. The lowest BCUT2D eigenvalue weighted by Crippen LogP contribution is -2.52. The summed E-state index contributed by atoms with van der Waals surface area (Å²) in [6, 6.07) is 0. The van der Waals surface area contributed by atoms with Crippen LogP contribution in [0, 0.1) is 34.5 Å². The smallest absolute Gasteiger partial charge is 0.159 e. The van der Waals surface area contributed by atoms with E-state index in [1.807, 2.05) is 13.0 Å². The highest BCUT2D eigenvalue weighted by Gasteiger charge is 2.60. The molecule has 0 aromatic carbocycles. The van der Waals surface area contributed by atoms with E-state index in [1.165, 1.54) is 31.3 Å². The monoisotopic (exact) mass is 352 g/mol. The Kier molecular flexibility index (Phi) is 4.19. The summed E-state index contributed by atoms with van der Waals surface area (Å²) in [5.74, 6) is 2.73. The standard InChI is InChI=1S/C24H32O2/c1-5-6-15(2)18-7-8-19-17-14-22(26)21-13-16(25)9-11-24(21,4)20(17)10-12-23(18,19)3/h5,13,17-20H,7-12,14H2,1-4H3/t6?,17?,18-,19?,20?,23-,24-/m1/s1. The molecule has 6 atom stereocenters. The fourth-order valence-electron chi connectivity index (χ4n) is 7.43. The van der Waals surface area contributed by atoms with Gasteiger partial charge in [-0.15, -0.1) is 5.73 Å². The van der Waals surface area contributed by atoms with Crippen molar-refractivity contribution in [2.45, 2.75) is 72.6 Å². The number of ketones is 2. The fraction of sp³-hybridized carbons (Fsp3) is 0.708. The number of hydrogen-bond donors (Lipinski definition) is 0. The van der Waals surface area contributed by atoms with Gasteiger partial charge in [-0.05, 0) is 98.2 Å². The molecule has 4 rings (SSSR count). The molecule has 3 fully saturated rings. The number of rotatable bonds is 1. The van der Waals surface area contributed by atoms with Crippen LogP contribution in [0.4, 0.5) is 0 Å². The van der Waals surface area contributed by atoms with E-state index in [2.05, 4.69) is 26.5 Å². The lowest BCUT2D eigenvalue weighted by atomic mass is 9.46. The normalized spacial score (nSPS) is 44.4. The van der Waals surface area contributed by atoms with E-state index >= 15 is 0 Å². The average Bonchev–Trinajstić information content (AvgIpc) is 2.94. The van der Waals surface area contributed by atoms with Gasteiger partial charge in [-0.25, -0.2) is 0 Å². The molecular formula is C24H32O2. The van der Waals surface area contributed by atoms with Crippen LogP contribution in [0.15, 0.2) is 29.0 Å². The Balaban J connectivity index is 1.71. The summed E-state index contributed by atoms with van der Waals surface area (Å²) in [6.07, 6.45) is 10.8. The van der Waals surface area contributed by atoms with E-state index in [9.17, 15) is 9.59 Å². The van der Waals surface area contributed by atoms with Gasteiger partial charge >= 0.3 is 0 Å². The summed E-state index contributed by atoms with van der Waals surface area (Å²) < 4.78 is 0. The molecule has 0 radical (unpaired) electrons. The largest absolute Gasteiger partial charge is 0.295 e. The van der Waals surface area contributed by atoms with Gasteiger partial charge in [-0.1, -0.05) is 13.8 Å². The predicted molar refractivity (Wildman–Crippen MR) is 104 cm³/mol. The minimum atomic E-state index is -0.0679. The Morgan fingerprint density at radius 2 is 1.92 bits per heavy atom. The van der Waals surface area contributed by atoms with Gasteiger partial charge in [-0.2, -0.15) is 0 Å². The SMILES string of the molecule is CC=C=C(C)[C@H]1CCC2C3CC(=O)C4=CC(=O)CC[C@]4(C)C3CC[C@@]21C. The van der Waals surface area contributed by atoms with E-state index < -0.39 is 0 Å². The Morgan fingerprint density at radius 1 is 1.15 bits per heavy atom. The third kappa shape index (κ3) is 2.38. The van der Waals surface area contributed by atoms with Crippen molar-refractivity contribution in [2.24, 2.45) is 34.5 Å². The first-order valence-electron chi connectivity index (χ1n) is 10.5. The molecule has 3 unspecified atom stereocenters. The predicted octanol–water partition coefficient (Wildman–Crippen LogP) is 5.43. The van der Waals surface area contributed by atoms with E-state index in [4.69, 9.17) is 0 Å². The topological polar surface area (TPSA) is 34.1 Å². The molecule has 0 amide bonds. The van der Waals surface area contributed by atoms with Crippen LogP contribution in [0.1, 0.15) is 72.6 Å². The first-order valence-corrected chi connectivity index (χ1v) is 10.5. The van der Waals surface area contributed by atoms with Crippen LogP contribution in [-0.4, -0.2) is 11.6 Å².